The minimum absolute atomic E-state index is 0.0840. The van der Waals surface area contributed by atoms with Gasteiger partial charge in [-0.1, -0.05) is 38.1 Å². The number of piperazine rings is 1. The van der Waals surface area contributed by atoms with Gasteiger partial charge in [0.1, 0.15) is 11.8 Å². The number of carbonyl (C=O) groups is 1. The van der Waals surface area contributed by atoms with Crippen LogP contribution in [-0.4, -0.2) is 79.6 Å². The van der Waals surface area contributed by atoms with Gasteiger partial charge in [0.2, 0.25) is 0 Å². The van der Waals surface area contributed by atoms with Crippen molar-refractivity contribution in [3.05, 3.63) is 64.2 Å². The second kappa shape index (κ2) is 11.7. The molecule has 1 aliphatic heterocycles. The summed E-state index contributed by atoms with van der Waals surface area (Å²) in [6.45, 7) is 9.57. The van der Waals surface area contributed by atoms with Crippen molar-refractivity contribution in [2.24, 2.45) is 0 Å². The number of hydrogen-bond acceptors (Lipinski definition) is 8. The number of nitro groups is 1. The summed E-state index contributed by atoms with van der Waals surface area (Å²) in [6, 6.07) is 13.2. The zero-order chi connectivity index (χ0) is 23.8. The molecule has 0 amide bonds. The Bertz CT molecular complexity index is 950. The minimum atomic E-state index is -0.498. The molecular weight excluding hydrogens is 422 g/mol. The van der Waals surface area contributed by atoms with Crippen LogP contribution in [0.15, 0.2) is 48.5 Å². The smallest absolute Gasteiger partial charge is 0.270 e. The largest absolute Gasteiger partial charge is 0.495 e. The molecule has 9 nitrogen and oxygen atoms in total. The van der Waals surface area contributed by atoms with Gasteiger partial charge in [0.05, 0.1) is 17.7 Å². The second-order valence-corrected chi connectivity index (χ2v) is 7.93. The number of benzene rings is 2. The maximum absolute atomic E-state index is 13.6. The number of non-ortho nitro benzene ring substituents is 1. The Morgan fingerprint density at radius 3 is 2.64 bits per heavy atom. The van der Waals surface area contributed by atoms with E-state index in [4.69, 9.17) is 4.74 Å². The van der Waals surface area contributed by atoms with Crippen LogP contribution in [0.2, 0.25) is 0 Å². The molecule has 1 fully saturated rings. The van der Waals surface area contributed by atoms with Crippen LogP contribution in [0.1, 0.15) is 24.2 Å². The third-order valence-corrected chi connectivity index (χ3v) is 6.09. The van der Waals surface area contributed by atoms with Gasteiger partial charge >= 0.3 is 0 Å². The Kier molecular flexibility index (Phi) is 8.76. The van der Waals surface area contributed by atoms with Crippen LogP contribution in [0.4, 0.5) is 11.4 Å². The zero-order valence-electron chi connectivity index (χ0n) is 19.6. The van der Waals surface area contributed by atoms with E-state index in [0.29, 0.717) is 18.7 Å². The number of rotatable bonds is 11. The molecule has 0 spiro atoms. The fourth-order valence-electron chi connectivity index (χ4n) is 4.16. The minimum Gasteiger partial charge on any atom is -0.495 e. The molecule has 0 saturated carbocycles. The number of carbonyl (C=O) groups excluding carboxylic acids is 1. The van der Waals surface area contributed by atoms with Crippen molar-refractivity contribution in [1.82, 2.24) is 15.3 Å². The number of nitrogens with one attached hydrogen (secondary N) is 1. The van der Waals surface area contributed by atoms with Crippen molar-refractivity contribution < 1.29 is 14.5 Å². The molecule has 1 unspecified atom stereocenters. The fourth-order valence-corrected chi connectivity index (χ4v) is 4.16. The quantitative estimate of drug-likeness (QED) is 0.314. The van der Waals surface area contributed by atoms with Gasteiger partial charge in [-0.05, 0) is 25.2 Å². The average molecular weight is 456 g/mol. The highest BCUT2D eigenvalue weighted by Gasteiger charge is 2.34. The number of likely N-dealkylation sites (N-methyl/N-ethyl adjacent to an activating group) is 1. The SMILES string of the molecule is CCN(CC)CCNN1CCN(c2ccccc2OC)CC1C(=O)c1cccc([N+](=O)[O-])c1. The number of hydrogen-bond donors (Lipinski definition) is 1. The lowest BCUT2D eigenvalue weighted by atomic mass is 10.0. The van der Waals surface area contributed by atoms with Crippen LogP contribution < -0.4 is 15.1 Å². The highest BCUT2D eigenvalue weighted by Crippen LogP contribution is 2.30. The van der Waals surface area contributed by atoms with Gasteiger partial charge in [0.25, 0.3) is 5.69 Å². The zero-order valence-corrected chi connectivity index (χ0v) is 19.6. The normalized spacial score (nSPS) is 16.7. The van der Waals surface area contributed by atoms with Gasteiger partial charge in [-0.3, -0.25) is 20.3 Å². The third-order valence-electron chi connectivity index (χ3n) is 6.09. The molecular formula is C24H33N5O4. The van der Waals surface area contributed by atoms with Crippen molar-refractivity contribution in [3.63, 3.8) is 0 Å². The van der Waals surface area contributed by atoms with Crippen molar-refractivity contribution >= 4 is 17.2 Å². The summed E-state index contributed by atoms with van der Waals surface area (Å²) in [5, 5.41) is 13.2. The molecule has 3 rings (SSSR count). The Morgan fingerprint density at radius 1 is 1.18 bits per heavy atom. The first kappa shape index (κ1) is 24.6. The molecule has 178 valence electrons. The van der Waals surface area contributed by atoms with Gasteiger partial charge < -0.3 is 14.5 Å². The Labute approximate surface area is 195 Å². The summed E-state index contributed by atoms with van der Waals surface area (Å²) in [7, 11) is 1.63. The number of para-hydroxylation sites is 2. The predicted octanol–water partition coefficient (Wildman–Crippen LogP) is 2.82. The molecule has 9 heteroatoms. The van der Waals surface area contributed by atoms with Crippen LogP contribution in [-0.2, 0) is 0 Å². The molecule has 1 atom stereocenters. The highest BCUT2D eigenvalue weighted by atomic mass is 16.6. The number of methoxy groups -OCH3 is 1. The number of nitrogens with zero attached hydrogens (tertiary/aromatic N) is 4. The Balaban J connectivity index is 1.83. The van der Waals surface area contributed by atoms with Gasteiger partial charge in [-0.15, -0.1) is 0 Å². The van der Waals surface area contributed by atoms with Crippen LogP contribution in [0, 0.1) is 10.1 Å². The molecule has 1 aliphatic rings. The number of hydrazine groups is 1. The number of ketones is 1. The maximum Gasteiger partial charge on any atom is 0.270 e. The summed E-state index contributed by atoms with van der Waals surface area (Å²) in [4.78, 5) is 28.8. The highest BCUT2D eigenvalue weighted by molar-refractivity contribution is 6.01. The van der Waals surface area contributed by atoms with Gasteiger partial charge in [-0.2, -0.15) is 0 Å². The summed E-state index contributed by atoms with van der Waals surface area (Å²) in [5.41, 5.74) is 4.62. The van der Waals surface area contributed by atoms with E-state index in [1.807, 2.05) is 29.3 Å². The topological polar surface area (TPSA) is 91.2 Å². The van der Waals surface area contributed by atoms with E-state index in [0.717, 1.165) is 44.2 Å². The van der Waals surface area contributed by atoms with Crippen LogP contribution >= 0.6 is 0 Å². The first-order valence-electron chi connectivity index (χ1n) is 11.4. The lowest BCUT2D eigenvalue weighted by molar-refractivity contribution is -0.384. The molecule has 2 aromatic carbocycles. The van der Waals surface area contributed by atoms with Crippen molar-refractivity contribution in [2.75, 3.05) is 57.8 Å². The molecule has 33 heavy (non-hydrogen) atoms. The van der Waals surface area contributed by atoms with Crippen molar-refractivity contribution in [1.29, 1.82) is 0 Å². The molecule has 0 bridgehead atoms. The van der Waals surface area contributed by atoms with Crippen LogP contribution in [0.25, 0.3) is 0 Å². The molecule has 1 heterocycles. The van der Waals surface area contributed by atoms with Gasteiger partial charge in [0.15, 0.2) is 5.78 Å². The molecule has 0 radical (unpaired) electrons. The van der Waals surface area contributed by atoms with E-state index in [-0.39, 0.29) is 11.5 Å². The van der Waals surface area contributed by atoms with Crippen LogP contribution in [0.5, 0.6) is 5.75 Å². The first-order chi connectivity index (χ1) is 16.0. The monoisotopic (exact) mass is 455 g/mol. The maximum atomic E-state index is 13.6. The van der Waals surface area contributed by atoms with E-state index in [1.54, 1.807) is 19.2 Å². The Morgan fingerprint density at radius 2 is 1.94 bits per heavy atom. The first-order valence-corrected chi connectivity index (χ1v) is 11.4. The van der Waals surface area contributed by atoms with E-state index in [2.05, 4.69) is 29.1 Å². The van der Waals surface area contributed by atoms with Gasteiger partial charge in [-0.25, -0.2) is 5.01 Å². The fraction of sp³-hybridized carbons (Fsp3) is 0.458. The van der Waals surface area contributed by atoms with E-state index >= 15 is 0 Å². The number of nitro benzene ring substituents is 1. The Hall–Kier alpha value is -3.01. The molecule has 0 aliphatic carbocycles. The average Bonchev–Trinajstić information content (AvgIpc) is 2.86. The standard InChI is InChI=1S/C24H33N5O4/c1-4-26(5-2)14-13-25-28-16-15-27(21-11-6-7-12-23(21)33-3)18-22(28)24(30)19-9-8-10-20(17-19)29(31)32/h6-12,17,22,25H,4-5,13-16,18H2,1-3H3. The molecule has 1 saturated heterocycles. The van der Waals surface area contributed by atoms with E-state index < -0.39 is 11.0 Å². The lowest BCUT2D eigenvalue weighted by Crippen LogP contribution is -2.61. The predicted molar refractivity (Wildman–Crippen MR) is 129 cm³/mol. The number of ether oxygens (including phenoxy) is 1. The van der Waals surface area contributed by atoms with Crippen molar-refractivity contribution in [3.8, 4) is 5.75 Å². The van der Waals surface area contributed by atoms with Gasteiger partial charge in [0, 0.05) is 50.4 Å². The van der Waals surface area contributed by atoms with E-state index in [1.165, 1.54) is 12.1 Å². The molecule has 0 aromatic heterocycles. The third kappa shape index (κ3) is 6.07. The molecule has 1 N–H and O–H groups in total. The lowest BCUT2D eigenvalue weighted by Gasteiger charge is -2.42. The molecule has 2 aromatic rings. The number of anilines is 1. The summed E-state index contributed by atoms with van der Waals surface area (Å²) < 4.78 is 5.53. The second-order valence-electron chi connectivity index (χ2n) is 7.93. The summed E-state index contributed by atoms with van der Waals surface area (Å²) in [5.74, 6) is 0.607. The van der Waals surface area contributed by atoms with Crippen molar-refractivity contribution in [2.45, 2.75) is 19.9 Å². The summed E-state index contributed by atoms with van der Waals surface area (Å²) in [6.07, 6.45) is 0. The van der Waals surface area contributed by atoms with E-state index in [9.17, 15) is 14.9 Å². The van der Waals surface area contributed by atoms with Crippen LogP contribution in [0.3, 0.4) is 0 Å². The number of Topliss-reactive ketones (excluding diaryl/α,β-unsaturated/α-hetero) is 1. The summed E-state index contributed by atoms with van der Waals surface area (Å²) >= 11 is 0.